The predicted molar refractivity (Wildman–Crippen MR) is 76.2 cm³/mol. The van der Waals surface area contributed by atoms with E-state index in [0.29, 0.717) is 19.8 Å². The maximum Gasteiger partial charge on any atom is 0.128 e. The van der Waals surface area contributed by atoms with Gasteiger partial charge in [-0.2, -0.15) is 0 Å². The Labute approximate surface area is 120 Å². The molecule has 2 rings (SSSR count). The van der Waals surface area contributed by atoms with Crippen LogP contribution in [0, 0.1) is 0 Å². The van der Waals surface area contributed by atoms with Crippen LogP contribution in [0.2, 0.25) is 0 Å². The van der Waals surface area contributed by atoms with Gasteiger partial charge in [-0.1, -0.05) is 6.07 Å². The van der Waals surface area contributed by atoms with Crippen molar-refractivity contribution in [2.75, 3.05) is 26.9 Å². The minimum atomic E-state index is -0.0686. The van der Waals surface area contributed by atoms with Crippen molar-refractivity contribution in [3.05, 3.63) is 24.3 Å². The largest absolute Gasteiger partial charge is 0.494 e. The molecule has 20 heavy (non-hydrogen) atoms. The fraction of sp³-hybridized carbons (Fsp3) is 0.600. The molecule has 1 aliphatic rings. The Hall–Kier alpha value is -1.30. The molecule has 5 nitrogen and oxygen atoms in total. The van der Waals surface area contributed by atoms with Crippen LogP contribution in [0.4, 0.5) is 0 Å². The van der Waals surface area contributed by atoms with E-state index in [1.807, 2.05) is 31.2 Å². The first-order chi connectivity index (χ1) is 9.74. The van der Waals surface area contributed by atoms with Gasteiger partial charge in [-0.3, -0.25) is 0 Å². The van der Waals surface area contributed by atoms with Gasteiger partial charge < -0.3 is 24.7 Å². The summed E-state index contributed by atoms with van der Waals surface area (Å²) in [5.41, 5.74) is 5.96. The van der Waals surface area contributed by atoms with Crippen LogP contribution in [0.15, 0.2) is 24.3 Å². The van der Waals surface area contributed by atoms with Crippen molar-refractivity contribution < 1.29 is 18.9 Å². The zero-order valence-corrected chi connectivity index (χ0v) is 12.1. The van der Waals surface area contributed by atoms with Crippen molar-refractivity contribution in [2.24, 2.45) is 5.73 Å². The first-order valence-electron chi connectivity index (χ1n) is 7.00. The van der Waals surface area contributed by atoms with Gasteiger partial charge in [-0.15, -0.1) is 0 Å². The highest BCUT2D eigenvalue weighted by Crippen LogP contribution is 2.29. The topological polar surface area (TPSA) is 62.9 Å². The Balaban J connectivity index is 1.87. The average Bonchev–Trinajstić information content (AvgIpc) is 2.44. The fourth-order valence-corrected chi connectivity index (χ4v) is 2.21. The van der Waals surface area contributed by atoms with Crippen molar-refractivity contribution in [2.45, 2.75) is 31.6 Å². The molecule has 1 aromatic rings. The van der Waals surface area contributed by atoms with Crippen LogP contribution in [0.1, 0.15) is 13.3 Å². The lowest BCUT2D eigenvalue weighted by atomic mass is 9.86. The molecule has 1 aromatic carbocycles. The molecule has 112 valence electrons. The highest BCUT2D eigenvalue weighted by atomic mass is 16.6. The summed E-state index contributed by atoms with van der Waals surface area (Å²) in [5.74, 6) is 1.60. The molecule has 5 heteroatoms. The second-order valence-corrected chi connectivity index (χ2v) is 4.79. The van der Waals surface area contributed by atoms with Crippen LogP contribution in [-0.2, 0) is 9.47 Å². The summed E-state index contributed by atoms with van der Waals surface area (Å²) in [5, 5.41) is 0. The van der Waals surface area contributed by atoms with Crippen molar-refractivity contribution in [3.63, 3.8) is 0 Å². The number of hydrogen-bond acceptors (Lipinski definition) is 5. The highest BCUT2D eigenvalue weighted by Gasteiger charge is 2.41. The van der Waals surface area contributed by atoms with Crippen molar-refractivity contribution in [3.8, 4) is 11.5 Å². The van der Waals surface area contributed by atoms with Gasteiger partial charge in [-0.05, 0) is 19.1 Å². The van der Waals surface area contributed by atoms with E-state index in [2.05, 4.69) is 0 Å². The maximum atomic E-state index is 5.96. The molecular formula is C15H23NO4. The molecule has 0 aromatic heterocycles. The first kappa shape index (κ1) is 15.1. The number of benzene rings is 1. The van der Waals surface area contributed by atoms with Crippen LogP contribution < -0.4 is 15.2 Å². The molecule has 0 aliphatic heterocycles. The third-order valence-electron chi connectivity index (χ3n) is 3.29. The van der Waals surface area contributed by atoms with Gasteiger partial charge >= 0.3 is 0 Å². The molecule has 0 amide bonds. The summed E-state index contributed by atoms with van der Waals surface area (Å²) >= 11 is 0. The lowest BCUT2D eigenvalue weighted by molar-refractivity contribution is -0.107. The zero-order valence-electron chi connectivity index (χ0n) is 12.1. The number of hydrogen-bond donors (Lipinski definition) is 1. The molecule has 0 bridgehead atoms. The molecule has 3 atom stereocenters. The van der Waals surface area contributed by atoms with Gasteiger partial charge in [-0.25, -0.2) is 0 Å². The summed E-state index contributed by atoms with van der Waals surface area (Å²) in [6, 6.07) is 7.67. The molecular weight excluding hydrogens is 258 g/mol. The SMILES string of the molecule is CCOc1cccc(OC2CC(N)C2OCCOC)c1. The van der Waals surface area contributed by atoms with E-state index in [4.69, 9.17) is 24.7 Å². The number of methoxy groups -OCH3 is 1. The van der Waals surface area contributed by atoms with Gasteiger partial charge in [0.2, 0.25) is 0 Å². The first-order valence-corrected chi connectivity index (χ1v) is 7.00. The molecule has 1 fully saturated rings. The smallest absolute Gasteiger partial charge is 0.128 e. The normalized spacial score (nSPS) is 25.1. The third kappa shape index (κ3) is 3.85. The van der Waals surface area contributed by atoms with Crippen LogP contribution >= 0.6 is 0 Å². The summed E-state index contributed by atoms with van der Waals surface area (Å²) in [7, 11) is 1.65. The molecule has 1 saturated carbocycles. The van der Waals surface area contributed by atoms with E-state index in [1.54, 1.807) is 7.11 Å². The van der Waals surface area contributed by atoms with Gasteiger partial charge in [0.1, 0.15) is 23.7 Å². The molecule has 0 heterocycles. The molecule has 0 spiro atoms. The average molecular weight is 281 g/mol. The van der Waals surface area contributed by atoms with Gasteiger partial charge in [0.05, 0.1) is 19.8 Å². The predicted octanol–water partition coefficient (Wildman–Crippen LogP) is 1.60. The van der Waals surface area contributed by atoms with Gasteiger partial charge in [0.25, 0.3) is 0 Å². The third-order valence-corrected chi connectivity index (χ3v) is 3.29. The molecule has 0 saturated heterocycles. The number of rotatable bonds is 8. The molecule has 2 N–H and O–H groups in total. The lowest BCUT2D eigenvalue weighted by Gasteiger charge is -2.41. The fourth-order valence-electron chi connectivity index (χ4n) is 2.21. The van der Waals surface area contributed by atoms with Gasteiger partial charge in [0.15, 0.2) is 0 Å². The molecule has 3 unspecified atom stereocenters. The summed E-state index contributed by atoms with van der Waals surface area (Å²) in [4.78, 5) is 0. The number of ether oxygens (including phenoxy) is 4. The monoisotopic (exact) mass is 281 g/mol. The second-order valence-electron chi connectivity index (χ2n) is 4.79. The Morgan fingerprint density at radius 1 is 1.25 bits per heavy atom. The Bertz CT molecular complexity index is 413. The summed E-state index contributed by atoms with van der Waals surface area (Å²) < 4.78 is 22.0. The number of nitrogens with two attached hydrogens (primary N) is 1. The van der Waals surface area contributed by atoms with Crippen LogP contribution in [0.25, 0.3) is 0 Å². The van der Waals surface area contributed by atoms with Crippen LogP contribution in [-0.4, -0.2) is 45.2 Å². The molecule has 1 aliphatic carbocycles. The van der Waals surface area contributed by atoms with E-state index in [9.17, 15) is 0 Å². The van der Waals surface area contributed by atoms with Crippen LogP contribution in [0.5, 0.6) is 11.5 Å². The van der Waals surface area contributed by atoms with Crippen molar-refractivity contribution in [1.29, 1.82) is 0 Å². The van der Waals surface area contributed by atoms with Crippen molar-refractivity contribution >= 4 is 0 Å². The summed E-state index contributed by atoms with van der Waals surface area (Å²) in [6.45, 7) is 3.70. The van der Waals surface area contributed by atoms with E-state index in [-0.39, 0.29) is 18.2 Å². The van der Waals surface area contributed by atoms with E-state index in [1.165, 1.54) is 0 Å². The van der Waals surface area contributed by atoms with E-state index in [0.717, 1.165) is 17.9 Å². The van der Waals surface area contributed by atoms with E-state index >= 15 is 0 Å². The lowest BCUT2D eigenvalue weighted by Crippen LogP contribution is -2.59. The highest BCUT2D eigenvalue weighted by molar-refractivity contribution is 5.33. The maximum absolute atomic E-state index is 5.96. The van der Waals surface area contributed by atoms with E-state index < -0.39 is 0 Å². The Morgan fingerprint density at radius 3 is 2.75 bits per heavy atom. The van der Waals surface area contributed by atoms with Gasteiger partial charge in [0, 0.05) is 25.6 Å². The zero-order chi connectivity index (χ0) is 14.4. The summed E-state index contributed by atoms with van der Waals surface area (Å²) in [6.07, 6.45) is 0.732. The second kappa shape index (κ2) is 7.47. The minimum Gasteiger partial charge on any atom is -0.494 e. The Kier molecular flexibility index (Phi) is 5.64. The minimum absolute atomic E-state index is 0.00117. The molecule has 0 radical (unpaired) electrons. The Morgan fingerprint density at radius 2 is 2.05 bits per heavy atom. The van der Waals surface area contributed by atoms with Crippen molar-refractivity contribution in [1.82, 2.24) is 0 Å². The quantitative estimate of drug-likeness (QED) is 0.733. The standard InChI is InChI=1S/C15H23NO4/c1-3-18-11-5-4-6-12(9-11)20-14-10-13(16)15(14)19-8-7-17-2/h4-6,9,13-15H,3,7-8,10,16H2,1-2H3. The van der Waals surface area contributed by atoms with Crippen LogP contribution in [0.3, 0.4) is 0 Å².